The first-order valence-electron chi connectivity index (χ1n) is 2.21. The van der Waals surface area contributed by atoms with E-state index in [0.717, 1.165) is 6.33 Å². The Morgan fingerprint density at radius 2 is 2.20 bits per heavy atom. The fourth-order valence-corrected chi connectivity index (χ4v) is 0.645. The number of hydrogen-bond acceptors (Lipinski definition) is 2. The molecule has 1 rings (SSSR count). The average Bonchev–Trinajstić information content (AvgIpc) is 2.11. The van der Waals surface area contributed by atoms with E-state index in [2.05, 4.69) is 17.2 Å². The number of nitrogens with one attached hydrogen (secondary N) is 1. The third-order valence-electron chi connectivity index (χ3n) is 0.807. The Balaban J connectivity index is 3.18. The molecule has 0 aliphatic rings. The first-order chi connectivity index (χ1) is 4.52. The van der Waals surface area contributed by atoms with Crippen molar-refractivity contribution in [1.29, 1.82) is 0 Å². The summed E-state index contributed by atoms with van der Waals surface area (Å²) < 4.78 is 34.4. The summed E-state index contributed by atoms with van der Waals surface area (Å²) in [5, 5.41) is 1.82. The average molecular weight is 169 g/mol. The van der Waals surface area contributed by atoms with Crippen LogP contribution in [0.2, 0.25) is 0 Å². The predicted molar refractivity (Wildman–Crippen MR) is 28.7 cm³/mol. The van der Waals surface area contributed by atoms with Crippen molar-refractivity contribution in [2.45, 2.75) is 6.30 Å². The first-order valence-corrected chi connectivity index (χ1v) is 2.62. The molecule has 1 aromatic heterocycles. The second-order valence-corrected chi connectivity index (χ2v) is 1.84. The molecule has 0 spiro atoms. The van der Waals surface area contributed by atoms with Gasteiger partial charge < -0.3 is 0 Å². The molecule has 0 aliphatic carbocycles. The van der Waals surface area contributed by atoms with Gasteiger partial charge in [-0.05, 0) is 12.2 Å². The molecule has 1 N–H and O–H groups in total. The van der Waals surface area contributed by atoms with Gasteiger partial charge in [-0.1, -0.05) is 0 Å². The minimum absolute atomic E-state index is 0.150. The Hall–Kier alpha value is -0.850. The van der Waals surface area contributed by atoms with Gasteiger partial charge in [0.25, 0.3) is 0 Å². The van der Waals surface area contributed by atoms with E-state index in [1.54, 1.807) is 0 Å². The summed E-state index contributed by atoms with van der Waals surface area (Å²) in [7, 11) is 0. The highest BCUT2D eigenvalue weighted by molar-refractivity contribution is 7.71. The van der Waals surface area contributed by atoms with Crippen LogP contribution in [0.15, 0.2) is 6.33 Å². The Morgan fingerprint density at radius 1 is 1.60 bits per heavy atom. The monoisotopic (exact) mass is 169 g/mol. The maximum atomic E-state index is 11.7. The van der Waals surface area contributed by atoms with Gasteiger partial charge in [0.2, 0.25) is 4.77 Å². The second-order valence-electron chi connectivity index (χ2n) is 1.47. The topological polar surface area (TPSA) is 33.6 Å². The fraction of sp³-hybridized carbons (Fsp3) is 0.333. The molecule has 0 saturated carbocycles. The van der Waals surface area contributed by atoms with Crippen LogP contribution < -0.4 is 0 Å². The van der Waals surface area contributed by atoms with Crippen LogP contribution in [0.1, 0.15) is 0 Å². The van der Waals surface area contributed by atoms with E-state index in [1.165, 1.54) is 0 Å². The first kappa shape index (κ1) is 7.26. The normalized spacial score (nSPS) is 11.9. The number of rotatable bonds is 0. The lowest BCUT2D eigenvalue weighted by atomic mass is 11.1. The molecule has 7 heteroatoms. The number of aromatic nitrogens is 3. The van der Waals surface area contributed by atoms with Crippen molar-refractivity contribution in [3.63, 3.8) is 0 Å². The molecular weight excluding hydrogens is 167 g/mol. The fourth-order valence-electron chi connectivity index (χ4n) is 0.436. The molecule has 10 heavy (non-hydrogen) atoms. The van der Waals surface area contributed by atoms with Crippen molar-refractivity contribution in [2.75, 3.05) is 0 Å². The van der Waals surface area contributed by atoms with Crippen LogP contribution in [0.4, 0.5) is 13.2 Å². The summed E-state index contributed by atoms with van der Waals surface area (Å²) in [6.07, 6.45) is -3.61. The highest BCUT2D eigenvalue weighted by atomic mass is 32.1. The summed E-state index contributed by atoms with van der Waals surface area (Å²) >= 11 is 4.23. The number of halogens is 3. The summed E-state index contributed by atoms with van der Waals surface area (Å²) in [4.78, 5) is 3.19. The second kappa shape index (κ2) is 2.08. The zero-order valence-corrected chi connectivity index (χ0v) is 5.33. The van der Waals surface area contributed by atoms with Crippen LogP contribution >= 0.6 is 12.2 Å². The number of H-pyrrole nitrogens is 1. The van der Waals surface area contributed by atoms with Gasteiger partial charge in [-0.15, -0.1) is 13.2 Å². The molecule has 0 unspecified atom stereocenters. The molecule has 0 fully saturated rings. The maximum Gasteiger partial charge on any atom is 0.505 e. The van der Waals surface area contributed by atoms with Crippen LogP contribution in [0.3, 0.4) is 0 Å². The van der Waals surface area contributed by atoms with Gasteiger partial charge in [0.15, 0.2) is 0 Å². The summed E-state index contributed by atoms with van der Waals surface area (Å²) in [5.74, 6) is 0. The van der Waals surface area contributed by atoms with E-state index >= 15 is 0 Å². The molecule has 0 amide bonds. The Bertz CT molecular complexity index is 271. The standard InChI is InChI=1S/C3H2F3N3S/c4-3(5,6)9-2(10)7-1-8-9/h1H,(H,7,8,10). The number of nitrogens with zero attached hydrogens (tertiary/aromatic N) is 2. The van der Waals surface area contributed by atoms with Gasteiger partial charge in [0, 0.05) is 0 Å². The van der Waals surface area contributed by atoms with Crippen LogP contribution in [-0.2, 0) is 6.30 Å². The van der Waals surface area contributed by atoms with Crippen molar-refractivity contribution in [1.82, 2.24) is 14.8 Å². The lowest BCUT2D eigenvalue weighted by Gasteiger charge is -2.03. The lowest BCUT2D eigenvalue weighted by Crippen LogP contribution is -2.18. The van der Waals surface area contributed by atoms with E-state index < -0.39 is 11.1 Å². The maximum absolute atomic E-state index is 11.7. The SMILES string of the molecule is FC(F)(F)n1[nH]cnc1=S. The number of aromatic amines is 1. The van der Waals surface area contributed by atoms with Gasteiger partial charge in [-0.3, -0.25) is 5.10 Å². The van der Waals surface area contributed by atoms with Crippen LogP contribution in [0, 0.1) is 4.77 Å². The third-order valence-corrected chi connectivity index (χ3v) is 1.09. The summed E-state index contributed by atoms with van der Waals surface area (Å²) in [6, 6.07) is 0. The zero-order valence-electron chi connectivity index (χ0n) is 4.51. The molecule has 0 aliphatic heterocycles. The van der Waals surface area contributed by atoms with E-state index in [9.17, 15) is 13.2 Å². The van der Waals surface area contributed by atoms with E-state index in [1.807, 2.05) is 5.10 Å². The van der Waals surface area contributed by atoms with E-state index in [-0.39, 0.29) is 4.68 Å². The molecule has 1 aromatic rings. The van der Waals surface area contributed by atoms with Crippen LogP contribution in [0.5, 0.6) is 0 Å². The molecule has 0 atom stereocenters. The minimum Gasteiger partial charge on any atom is -0.278 e. The smallest absolute Gasteiger partial charge is 0.278 e. The van der Waals surface area contributed by atoms with Gasteiger partial charge in [-0.25, -0.2) is 4.98 Å². The predicted octanol–water partition coefficient (Wildman–Crippen LogP) is 1.42. The summed E-state index contributed by atoms with van der Waals surface area (Å²) in [5.41, 5.74) is 0. The summed E-state index contributed by atoms with van der Waals surface area (Å²) in [6.45, 7) is 0. The Kier molecular flexibility index (Phi) is 1.51. The Labute approximate surface area is 58.5 Å². The molecule has 0 saturated heterocycles. The minimum atomic E-state index is -4.49. The molecule has 0 radical (unpaired) electrons. The van der Waals surface area contributed by atoms with Gasteiger partial charge in [0.1, 0.15) is 6.33 Å². The molecule has 1 heterocycles. The van der Waals surface area contributed by atoms with Crippen molar-refractivity contribution in [2.24, 2.45) is 0 Å². The quantitative estimate of drug-likeness (QED) is 0.596. The van der Waals surface area contributed by atoms with Crippen molar-refractivity contribution in [3.05, 3.63) is 11.1 Å². The largest absolute Gasteiger partial charge is 0.505 e. The number of hydrogen-bond donors (Lipinski definition) is 1. The van der Waals surface area contributed by atoms with Gasteiger partial charge >= 0.3 is 6.30 Å². The highest BCUT2D eigenvalue weighted by Gasteiger charge is 2.31. The van der Waals surface area contributed by atoms with Crippen LogP contribution in [0.25, 0.3) is 0 Å². The van der Waals surface area contributed by atoms with Crippen molar-refractivity contribution >= 4 is 12.2 Å². The zero-order chi connectivity index (χ0) is 7.78. The molecule has 0 bridgehead atoms. The Morgan fingerprint density at radius 3 is 2.40 bits per heavy atom. The van der Waals surface area contributed by atoms with E-state index in [4.69, 9.17) is 0 Å². The van der Waals surface area contributed by atoms with Gasteiger partial charge in [-0.2, -0.15) is 4.68 Å². The molecule has 3 nitrogen and oxygen atoms in total. The molecule has 56 valence electrons. The van der Waals surface area contributed by atoms with Crippen molar-refractivity contribution < 1.29 is 13.2 Å². The third kappa shape index (κ3) is 1.18. The van der Waals surface area contributed by atoms with E-state index in [0.29, 0.717) is 0 Å². The molecular formula is C3H2F3N3S. The number of alkyl halides is 3. The van der Waals surface area contributed by atoms with Gasteiger partial charge in [0.05, 0.1) is 0 Å². The lowest BCUT2D eigenvalue weighted by molar-refractivity contribution is -0.213. The van der Waals surface area contributed by atoms with Crippen LogP contribution in [-0.4, -0.2) is 14.8 Å². The van der Waals surface area contributed by atoms with Crippen molar-refractivity contribution in [3.8, 4) is 0 Å². The molecule has 0 aromatic carbocycles. The highest BCUT2D eigenvalue weighted by Crippen LogP contribution is 2.19.